The molecular weight excluding hydrogens is 312 g/mol. The molecule has 0 saturated heterocycles. The van der Waals surface area contributed by atoms with E-state index in [4.69, 9.17) is 4.74 Å². The Morgan fingerprint density at radius 2 is 2.08 bits per heavy atom. The molecule has 0 aromatic heterocycles. The number of ketones is 1. The Bertz CT molecular complexity index is 578. The lowest BCUT2D eigenvalue weighted by molar-refractivity contribution is -0.124. The molecule has 0 aliphatic heterocycles. The average Bonchev–Trinajstić information content (AvgIpc) is 2.93. The van der Waals surface area contributed by atoms with Gasteiger partial charge in [-0.05, 0) is 81.0 Å². The van der Waals surface area contributed by atoms with E-state index in [-0.39, 0.29) is 12.0 Å². The van der Waals surface area contributed by atoms with Crippen LogP contribution in [0.15, 0.2) is 11.1 Å². The van der Waals surface area contributed by atoms with Crippen molar-refractivity contribution in [3.63, 3.8) is 0 Å². The topological polar surface area (TPSA) is 46.5 Å². The molecule has 25 heavy (non-hydrogen) atoms. The van der Waals surface area contributed by atoms with Gasteiger partial charge in [0.25, 0.3) is 0 Å². The zero-order chi connectivity index (χ0) is 17.8. The van der Waals surface area contributed by atoms with Gasteiger partial charge in [0.05, 0.1) is 12.7 Å². The summed E-state index contributed by atoms with van der Waals surface area (Å²) in [6.45, 7) is 5.03. The first-order valence-electron chi connectivity index (χ1n) is 10.4. The molecule has 4 aliphatic carbocycles. The summed E-state index contributed by atoms with van der Waals surface area (Å²) in [4.78, 5) is 12.4. The highest BCUT2D eigenvalue weighted by molar-refractivity contribution is 5.85. The monoisotopic (exact) mass is 346 g/mol. The van der Waals surface area contributed by atoms with Gasteiger partial charge in [-0.25, -0.2) is 0 Å². The smallest absolute Gasteiger partial charge is 0.142 e. The van der Waals surface area contributed by atoms with Crippen LogP contribution in [0.2, 0.25) is 0 Å². The summed E-state index contributed by atoms with van der Waals surface area (Å²) in [5.74, 6) is 3.19. The van der Waals surface area contributed by atoms with Crippen molar-refractivity contribution in [1.82, 2.24) is 0 Å². The van der Waals surface area contributed by atoms with Gasteiger partial charge < -0.3 is 9.84 Å². The third-order valence-electron chi connectivity index (χ3n) is 8.45. The molecule has 2 saturated carbocycles. The van der Waals surface area contributed by atoms with E-state index in [0.29, 0.717) is 36.1 Å². The predicted octanol–water partition coefficient (Wildman–Crippen LogP) is 4.14. The van der Waals surface area contributed by atoms with Crippen LogP contribution in [-0.4, -0.2) is 30.7 Å². The summed E-state index contributed by atoms with van der Waals surface area (Å²) in [6.07, 6.45) is 8.84. The molecule has 0 heterocycles. The maximum Gasteiger partial charge on any atom is 0.142 e. The fraction of sp³-hybridized carbons (Fsp3) is 0.864. The van der Waals surface area contributed by atoms with Crippen molar-refractivity contribution in [3.05, 3.63) is 11.1 Å². The van der Waals surface area contributed by atoms with Crippen LogP contribution in [0, 0.1) is 35.0 Å². The number of aliphatic hydroxyl groups excluding tert-OH is 1. The van der Waals surface area contributed by atoms with Crippen LogP contribution in [0.3, 0.4) is 0 Å². The van der Waals surface area contributed by atoms with Crippen LogP contribution >= 0.6 is 0 Å². The number of carbonyl (C=O) groups excluding carboxylic acids is 1. The molecule has 2 fully saturated rings. The second-order valence-electron chi connectivity index (χ2n) is 9.51. The molecule has 0 bridgehead atoms. The van der Waals surface area contributed by atoms with Gasteiger partial charge in [-0.1, -0.05) is 18.1 Å². The first-order chi connectivity index (χ1) is 12.0. The number of ether oxygens (including phenoxy) is 1. The van der Waals surface area contributed by atoms with Crippen molar-refractivity contribution >= 4 is 5.78 Å². The Kier molecular flexibility index (Phi) is 4.60. The number of fused-ring (bicyclic) bond motifs is 4. The van der Waals surface area contributed by atoms with E-state index in [1.807, 2.05) is 6.92 Å². The van der Waals surface area contributed by atoms with E-state index in [9.17, 15) is 9.90 Å². The van der Waals surface area contributed by atoms with Crippen molar-refractivity contribution in [1.29, 1.82) is 0 Å². The minimum absolute atomic E-state index is 0.0876. The van der Waals surface area contributed by atoms with E-state index in [1.54, 1.807) is 12.7 Å². The van der Waals surface area contributed by atoms with Crippen LogP contribution in [0.4, 0.5) is 0 Å². The van der Waals surface area contributed by atoms with Gasteiger partial charge >= 0.3 is 0 Å². The highest BCUT2D eigenvalue weighted by Crippen LogP contribution is 2.63. The maximum absolute atomic E-state index is 12.4. The van der Waals surface area contributed by atoms with Crippen LogP contribution in [0.1, 0.15) is 65.2 Å². The summed E-state index contributed by atoms with van der Waals surface area (Å²) in [5, 5.41) is 10.3. The zero-order valence-electron chi connectivity index (χ0n) is 16.1. The Labute approximate surface area is 152 Å². The first-order valence-corrected chi connectivity index (χ1v) is 10.4. The van der Waals surface area contributed by atoms with Gasteiger partial charge in [0, 0.05) is 19.4 Å². The molecular formula is C22H34O3. The number of carbonyl (C=O) groups is 1. The second kappa shape index (κ2) is 6.49. The molecule has 0 aromatic carbocycles. The Morgan fingerprint density at radius 3 is 2.80 bits per heavy atom. The Balaban J connectivity index is 1.59. The van der Waals surface area contributed by atoms with E-state index in [2.05, 4.69) is 6.92 Å². The lowest BCUT2D eigenvalue weighted by atomic mass is 9.52. The quantitative estimate of drug-likeness (QED) is 0.781. The highest BCUT2D eigenvalue weighted by atomic mass is 16.5. The third-order valence-corrected chi connectivity index (χ3v) is 8.45. The molecule has 4 aliphatic rings. The lowest BCUT2D eigenvalue weighted by Gasteiger charge is -2.53. The molecule has 3 nitrogen and oxygen atoms in total. The van der Waals surface area contributed by atoms with Gasteiger partial charge in [0.1, 0.15) is 5.78 Å². The third kappa shape index (κ3) is 2.73. The van der Waals surface area contributed by atoms with Gasteiger partial charge in [-0.15, -0.1) is 0 Å². The summed E-state index contributed by atoms with van der Waals surface area (Å²) < 4.78 is 5.32. The number of Topliss-reactive ketones (excluding diaryl/α,β-unsaturated/α-hetero) is 1. The molecule has 0 spiro atoms. The number of hydrogen-bond donors (Lipinski definition) is 1. The summed E-state index contributed by atoms with van der Waals surface area (Å²) in [6, 6.07) is 0. The first kappa shape index (κ1) is 17.7. The standard InChI is InChI=1S/C22H34O3/c1-13(23)19-6-7-20-17-5-4-14-11-21(24)15(12-25-3)10-18(14)16(17)8-9-22(19,20)2/h13,15-17,19-20,23H,4-12H2,1-3H3/t13?,15?,16-,17+,19+,20-,22+/m0/s1. The van der Waals surface area contributed by atoms with Crippen molar-refractivity contribution in [2.75, 3.05) is 13.7 Å². The summed E-state index contributed by atoms with van der Waals surface area (Å²) >= 11 is 0. The fourth-order valence-corrected chi connectivity index (χ4v) is 7.30. The minimum Gasteiger partial charge on any atom is -0.393 e. The van der Waals surface area contributed by atoms with Gasteiger partial charge in [0.15, 0.2) is 0 Å². The van der Waals surface area contributed by atoms with Gasteiger partial charge in [0.2, 0.25) is 0 Å². The van der Waals surface area contributed by atoms with Crippen molar-refractivity contribution in [3.8, 4) is 0 Å². The molecule has 3 heteroatoms. The van der Waals surface area contributed by atoms with Crippen LogP contribution in [0.25, 0.3) is 0 Å². The second-order valence-corrected chi connectivity index (χ2v) is 9.51. The minimum atomic E-state index is -0.177. The average molecular weight is 347 g/mol. The number of aliphatic hydroxyl groups is 1. The zero-order valence-corrected chi connectivity index (χ0v) is 16.1. The molecule has 1 N–H and O–H groups in total. The fourth-order valence-electron chi connectivity index (χ4n) is 7.30. The Hall–Kier alpha value is -0.670. The van der Waals surface area contributed by atoms with E-state index >= 15 is 0 Å². The highest BCUT2D eigenvalue weighted by Gasteiger charge is 2.56. The molecule has 2 unspecified atom stereocenters. The van der Waals surface area contributed by atoms with Crippen LogP contribution in [0.5, 0.6) is 0 Å². The largest absolute Gasteiger partial charge is 0.393 e. The Morgan fingerprint density at radius 1 is 1.28 bits per heavy atom. The number of hydrogen-bond acceptors (Lipinski definition) is 3. The number of methoxy groups -OCH3 is 1. The van der Waals surface area contributed by atoms with E-state index < -0.39 is 0 Å². The van der Waals surface area contributed by atoms with Gasteiger partial charge in [-0.2, -0.15) is 0 Å². The molecule has 0 radical (unpaired) electrons. The normalized spacial score (nSPS) is 45.0. The van der Waals surface area contributed by atoms with Crippen molar-refractivity contribution in [2.24, 2.45) is 35.0 Å². The molecule has 4 rings (SSSR count). The van der Waals surface area contributed by atoms with Crippen LogP contribution in [-0.2, 0) is 9.53 Å². The molecule has 7 atom stereocenters. The number of allylic oxidation sites excluding steroid dienone is 2. The molecule has 0 amide bonds. The SMILES string of the molecule is COCC1CC2=C(CC[C@@H]3[C@@H]2CC[C@]2(C)[C@@H](C(C)O)CC[C@@H]32)CC1=O. The number of rotatable bonds is 3. The maximum atomic E-state index is 12.4. The van der Waals surface area contributed by atoms with E-state index in [0.717, 1.165) is 24.7 Å². The summed E-state index contributed by atoms with van der Waals surface area (Å²) in [7, 11) is 1.71. The predicted molar refractivity (Wildman–Crippen MR) is 98.1 cm³/mol. The van der Waals surface area contributed by atoms with Crippen LogP contribution < -0.4 is 0 Å². The van der Waals surface area contributed by atoms with Crippen molar-refractivity contribution in [2.45, 2.75) is 71.3 Å². The van der Waals surface area contributed by atoms with Crippen molar-refractivity contribution < 1.29 is 14.6 Å². The van der Waals surface area contributed by atoms with Gasteiger partial charge in [-0.3, -0.25) is 4.79 Å². The molecule has 0 aromatic rings. The lowest BCUT2D eigenvalue weighted by Crippen LogP contribution is -2.46. The molecule has 140 valence electrons. The van der Waals surface area contributed by atoms with E-state index in [1.165, 1.54) is 37.7 Å². The summed E-state index contributed by atoms with van der Waals surface area (Å²) in [5.41, 5.74) is 3.44.